The second kappa shape index (κ2) is 6.85. The van der Waals surface area contributed by atoms with E-state index < -0.39 is 0 Å². The minimum atomic E-state index is 0.188. The van der Waals surface area contributed by atoms with Crippen molar-refractivity contribution in [1.82, 2.24) is 10.2 Å². The molecule has 4 nitrogen and oxygen atoms in total. The highest BCUT2D eigenvalue weighted by Gasteiger charge is 2.29. The summed E-state index contributed by atoms with van der Waals surface area (Å²) in [5.41, 5.74) is 0.188. The fraction of sp³-hybridized carbons (Fsp3) is 1.00. The molecule has 1 N–H and O–H groups in total. The Bertz CT molecular complexity index is 240. The van der Waals surface area contributed by atoms with E-state index in [1.54, 1.807) is 0 Å². The van der Waals surface area contributed by atoms with Crippen LogP contribution in [0.25, 0.3) is 0 Å². The van der Waals surface area contributed by atoms with Crippen molar-refractivity contribution in [2.45, 2.75) is 44.8 Å². The third-order valence-corrected chi connectivity index (χ3v) is 4.03. The Hall–Kier alpha value is -0.160. The van der Waals surface area contributed by atoms with E-state index in [-0.39, 0.29) is 5.54 Å². The van der Waals surface area contributed by atoms with Gasteiger partial charge in [0.1, 0.15) is 0 Å². The van der Waals surface area contributed by atoms with Gasteiger partial charge in [0, 0.05) is 25.2 Å². The number of nitrogens with zero attached hydrogens (tertiary/aromatic N) is 1. The molecule has 2 saturated heterocycles. The van der Waals surface area contributed by atoms with Crippen LogP contribution in [0.15, 0.2) is 0 Å². The van der Waals surface area contributed by atoms with Gasteiger partial charge in [0.2, 0.25) is 0 Å². The molecule has 0 aliphatic carbocycles. The lowest BCUT2D eigenvalue weighted by molar-refractivity contribution is -0.0560. The van der Waals surface area contributed by atoms with Crippen LogP contribution in [-0.4, -0.2) is 62.5 Å². The van der Waals surface area contributed by atoms with Gasteiger partial charge in [0.15, 0.2) is 0 Å². The largest absolute Gasteiger partial charge is 0.378 e. The highest BCUT2D eigenvalue weighted by molar-refractivity contribution is 4.84. The van der Waals surface area contributed by atoms with Crippen molar-refractivity contribution in [3.05, 3.63) is 0 Å². The number of piperidine rings is 1. The van der Waals surface area contributed by atoms with Crippen LogP contribution >= 0.6 is 0 Å². The normalized spacial score (nSPS) is 26.3. The maximum Gasteiger partial charge on any atom is 0.0645 e. The molecule has 0 bridgehead atoms. The molecule has 18 heavy (non-hydrogen) atoms. The molecule has 0 aromatic carbocycles. The highest BCUT2D eigenvalue weighted by Crippen LogP contribution is 2.19. The van der Waals surface area contributed by atoms with Gasteiger partial charge >= 0.3 is 0 Å². The second-order valence-electron chi connectivity index (χ2n) is 6.03. The average Bonchev–Trinajstić information content (AvgIpc) is 2.37. The molecule has 0 aromatic rings. The maximum absolute atomic E-state index is 5.94. The molecule has 0 amide bonds. The highest BCUT2D eigenvalue weighted by atomic mass is 16.5. The molecular weight excluding hydrogens is 228 g/mol. The summed E-state index contributed by atoms with van der Waals surface area (Å²) in [6.45, 7) is 11.6. The first-order chi connectivity index (χ1) is 8.68. The molecule has 0 radical (unpaired) electrons. The van der Waals surface area contributed by atoms with E-state index in [1.165, 1.54) is 12.8 Å². The van der Waals surface area contributed by atoms with Gasteiger partial charge in [0.05, 0.1) is 19.3 Å². The van der Waals surface area contributed by atoms with Crippen molar-refractivity contribution in [2.75, 3.05) is 46.0 Å². The van der Waals surface area contributed by atoms with E-state index in [0.29, 0.717) is 6.10 Å². The fourth-order valence-electron chi connectivity index (χ4n) is 2.77. The zero-order chi connectivity index (χ0) is 12.8. The van der Waals surface area contributed by atoms with Crippen molar-refractivity contribution in [3.8, 4) is 0 Å². The molecule has 0 aromatic heterocycles. The zero-order valence-electron chi connectivity index (χ0n) is 11.9. The van der Waals surface area contributed by atoms with Crippen LogP contribution in [0.4, 0.5) is 0 Å². The maximum atomic E-state index is 5.94. The van der Waals surface area contributed by atoms with Crippen molar-refractivity contribution < 1.29 is 9.47 Å². The summed E-state index contributed by atoms with van der Waals surface area (Å²) in [5, 5.41) is 3.37. The summed E-state index contributed by atoms with van der Waals surface area (Å²) < 4.78 is 11.5. The molecule has 0 atom stereocenters. The van der Waals surface area contributed by atoms with Crippen LogP contribution < -0.4 is 5.32 Å². The Kier molecular flexibility index (Phi) is 5.42. The van der Waals surface area contributed by atoms with E-state index in [0.717, 1.165) is 52.4 Å². The van der Waals surface area contributed by atoms with E-state index in [1.807, 2.05) is 0 Å². The molecule has 0 unspecified atom stereocenters. The minimum absolute atomic E-state index is 0.188. The predicted octanol–water partition coefficient (Wildman–Crippen LogP) is 1.26. The lowest BCUT2D eigenvalue weighted by Gasteiger charge is -2.42. The van der Waals surface area contributed by atoms with Gasteiger partial charge in [-0.25, -0.2) is 0 Å². The molecule has 2 aliphatic rings. The molecule has 0 saturated carbocycles. The first kappa shape index (κ1) is 14.3. The second-order valence-corrected chi connectivity index (χ2v) is 6.03. The van der Waals surface area contributed by atoms with Crippen molar-refractivity contribution >= 4 is 0 Å². The van der Waals surface area contributed by atoms with Gasteiger partial charge in [-0.2, -0.15) is 0 Å². The summed E-state index contributed by atoms with van der Waals surface area (Å²) >= 11 is 0. The van der Waals surface area contributed by atoms with Gasteiger partial charge in [-0.15, -0.1) is 0 Å². The van der Waals surface area contributed by atoms with Crippen LogP contribution in [0.2, 0.25) is 0 Å². The molecule has 2 aliphatic heterocycles. The van der Waals surface area contributed by atoms with Gasteiger partial charge in [-0.05, 0) is 46.2 Å². The fourth-order valence-corrected chi connectivity index (χ4v) is 2.77. The Morgan fingerprint density at radius 3 is 2.83 bits per heavy atom. The van der Waals surface area contributed by atoms with Crippen LogP contribution in [0.3, 0.4) is 0 Å². The van der Waals surface area contributed by atoms with E-state index in [9.17, 15) is 0 Å². The lowest BCUT2D eigenvalue weighted by Crippen LogP contribution is -2.53. The Balaban J connectivity index is 1.59. The summed E-state index contributed by atoms with van der Waals surface area (Å²) in [6.07, 6.45) is 3.96. The average molecular weight is 256 g/mol. The van der Waals surface area contributed by atoms with E-state index in [2.05, 4.69) is 24.1 Å². The van der Waals surface area contributed by atoms with Gasteiger partial charge < -0.3 is 14.8 Å². The minimum Gasteiger partial charge on any atom is -0.378 e. The first-order valence-corrected chi connectivity index (χ1v) is 7.33. The first-order valence-electron chi connectivity index (χ1n) is 7.33. The third-order valence-electron chi connectivity index (χ3n) is 4.03. The quantitative estimate of drug-likeness (QED) is 0.751. The number of morpholine rings is 1. The smallest absolute Gasteiger partial charge is 0.0645 e. The van der Waals surface area contributed by atoms with E-state index >= 15 is 0 Å². The summed E-state index contributed by atoms with van der Waals surface area (Å²) in [4.78, 5) is 2.53. The topological polar surface area (TPSA) is 33.7 Å². The molecule has 2 rings (SSSR count). The summed E-state index contributed by atoms with van der Waals surface area (Å²) in [5.74, 6) is 0. The Labute approximate surface area is 111 Å². The lowest BCUT2D eigenvalue weighted by atomic mass is 10.0. The number of hydrogen-bond donors (Lipinski definition) is 1. The van der Waals surface area contributed by atoms with E-state index in [4.69, 9.17) is 9.47 Å². The number of rotatable bonds is 5. The number of ether oxygens (including phenoxy) is 2. The molecule has 2 heterocycles. The van der Waals surface area contributed by atoms with Crippen molar-refractivity contribution in [3.63, 3.8) is 0 Å². The van der Waals surface area contributed by atoms with Crippen LogP contribution in [0, 0.1) is 0 Å². The molecule has 0 spiro atoms. The van der Waals surface area contributed by atoms with Gasteiger partial charge in [-0.1, -0.05) is 0 Å². The summed E-state index contributed by atoms with van der Waals surface area (Å²) in [6, 6.07) is 0. The molecular formula is C14H28N2O2. The molecule has 106 valence electrons. The van der Waals surface area contributed by atoms with Crippen LogP contribution in [0.5, 0.6) is 0 Å². The zero-order valence-corrected chi connectivity index (χ0v) is 11.9. The van der Waals surface area contributed by atoms with Gasteiger partial charge in [-0.3, -0.25) is 4.90 Å². The number of nitrogens with one attached hydrogen (secondary N) is 1. The third kappa shape index (κ3) is 4.19. The summed E-state index contributed by atoms with van der Waals surface area (Å²) in [7, 11) is 0. The standard InChI is InChI=1S/C14H28N2O2/c1-14(2)12-17-11-9-16(14)8-3-10-18-13-4-6-15-7-5-13/h13,15H,3-12H2,1-2H3. The predicted molar refractivity (Wildman–Crippen MR) is 72.9 cm³/mol. The molecule has 4 heteroatoms. The Morgan fingerprint density at radius 2 is 2.11 bits per heavy atom. The van der Waals surface area contributed by atoms with Crippen LogP contribution in [0.1, 0.15) is 33.1 Å². The molecule has 2 fully saturated rings. The monoisotopic (exact) mass is 256 g/mol. The van der Waals surface area contributed by atoms with Gasteiger partial charge in [0.25, 0.3) is 0 Å². The number of hydrogen-bond acceptors (Lipinski definition) is 4. The van der Waals surface area contributed by atoms with Crippen LogP contribution in [-0.2, 0) is 9.47 Å². The van der Waals surface area contributed by atoms with Crippen molar-refractivity contribution in [1.29, 1.82) is 0 Å². The van der Waals surface area contributed by atoms with Crippen molar-refractivity contribution in [2.24, 2.45) is 0 Å². The SMILES string of the molecule is CC1(C)COCCN1CCCOC1CCNCC1. The Morgan fingerprint density at radius 1 is 1.33 bits per heavy atom.